The van der Waals surface area contributed by atoms with Crippen LogP contribution in [0.25, 0.3) is 16.0 Å². The Labute approximate surface area is 198 Å². The average Bonchev–Trinajstić information content (AvgIpc) is 3.43. The monoisotopic (exact) mass is 475 g/mol. The minimum atomic E-state index is -0.373. The van der Waals surface area contributed by atoms with E-state index in [1.165, 1.54) is 33.6 Å². The summed E-state index contributed by atoms with van der Waals surface area (Å²) in [6.07, 6.45) is 1.71. The minimum Gasteiger partial charge on any atom is -0.341 e. The van der Waals surface area contributed by atoms with E-state index in [2.05, 4.69) is 10.3 Å². The molecule has 7 nitrogen and oxygen atoms in total. The van der Waals surface area contributed by atoms with Gasteiger partial charge in [-0.05, 0) is 17.7 Å². The van der Waals surface area contributed by atoms with Gasteiger partial charge in [0.2, 0.25) is 5.91 Å². The number of thioether (sulfide) groups is 1. The summed E-state index contributed by atoms with van der Waals surface area (Å²) in [4.78, 5) is 35.0. The third kappa shape index (κ3) is 4.42. The fourth-order valence-corrected chi connectivity index (χ4v) is 5.24. The van der Waals surface area contributed by atoms with Crippen LogP contribution in [-0.2, 0) is 17.6 Å². The predicted molar refractivity (Wildman–Crippen MR) is 133 cm³/mol. The molecule has 1 amide bonds. The first-order valence-corrected chi connectivity index (χ1v) is 12.4. The van der Waals surface area contributed by atoms with Gasteiger partial charge < -0.3 is 9.88 Å². The largest absolute Gasteiger partial charge is 0.341 e. The third-order valence-corrected chi connectivity index (χ3v) is 7.08. The highest BCUT2D eigenvalue weighted by molar-refractivity contribution is 7.99. The molecule has 3 heterocycles. The summed E-state index contributed by atoms with van der Waals surface area (Å²) in [5, 5.41) is 4.98. The van der Waals surface area contributed by atoms with Gasteiger partial charge in [0.1, 0.15) is 11.9 Å². The molecule has 0 saturated heterocycles. The van der Waals surface area contributed by atoms with Crippen molar-refractivity contribution in [2.45, 2.75) is 11.8 Å². The molecule has 33 heavy (non-hydrogen) atoms. The van der Waals surface area contributed by atoms with Crippen molar-refractivity contribution in [3.63, 3.8) is 0 Å². The number of hydrogen-bond donors (Lipinski definition) is 1. The molecule has 0 radical (unpaired) electrons. The Kier molecular flexibility index (Phi) is 5.97. The van der Waals surface area contributed by atoms with Crippen molar-refractivity contribution in [3.05, 3.63) is 99.7 Å². The molecular formula is C24H21N5O2S2. The van der Waals surface area contributed by atoms with E-state index in [0.717, 1.165) is 22.4 Å². The molecule has 5 rings (SSSR count). The molecular weight excluding hydrogens is 454 g/mol. The quantitative estimate of drug-likeness (QED) is 0.387. The first kappa shape index (κ1) is 21.4. The molecule has 0 fully saturated rings. The van der Waals surface area contributed by atoms with E-state index in [-0.39, 0.29) is 23.3 Å². The molecule has 0 spiro atoms. The van der Waals surface area contributed by atoms with Crippen molar-refractivity contribution in [1.29, 1.82) is 0 Å². The number of para-hydroxylation sites is 2. The van der Waals surface area contributed by atoms with E-state index < -0.39 is 0 Å². The normalized spacial score (nSPS) is 12.3. The van der Waals surface area contributed by atoms with Gasteiger partial charge in [-0.25, -0.2) is 9.97 Å². The summed E-state index contributed by atoms with van der Waals surface area (Å²) >= 11 is 2.85. The van der Waals surface area contributed by atoms with Crippen molar-refractivity contribution >= 4 is 45.0 Å². The molecule has 1 N–H and O–H groups in total. The molecule has 0 aliphatic carbocycles. The van der Waals surface area contributed by atoms with Crippen molar-refractivity contribution in [1.82, 2.24) is 24.3 Å². The minimum absolute atomic E-state index is 0.102. The van der Waals surface area contributed by atoms with E-state index in [9.17, 15) is 9.59 Å². The number of benzene rings is 2. The number of imidazole rings is 1. The standard InChI is InChI=1S/C24H21N5O2S2/c1-28-19-10-6-5-9-18(19)26-23(28)22(16-7-3-2-4-8-16)27-20(30)15-32-14-17-13-21(31)29-11-12-33-24(29)25-17/h2-13,22H,14-15H2,1H3,(H,27,30). The number of hydrogen-bond acceptors (Lipinski definition) is 6. The highest BCUT2D eigenvalue weighted by Crippen LogP contribution is 2.25. The Morgan fingerprint density at radius 3 is 2.73 bits per heavy atom. The molecule has 166 valence electrons. The van der Waals surface area contributed by atoms with Gasteiger partial charge in [-0.3, -0.25) is 14.0 Å². The zero-order chi connectivity index (χ0) is 22.8. The number of fused-ring (bicyclic) bond motifs is 2. The fourth-order valence-electron chi connectivity index (χ4n) is 3.78. The van der Waals surface area contributed by atoms with Crippen molar-refractivity contribution in [2.24, 2.45) is 7.05 Å². The van der Waals surface area contributed by atoms with E-state index in [1.54, 1.807) is 6.20 Å². The number of amides is 1. The first-order chi connectivity index (χ1) is 16.1. The van der Waals surface area contributed by atoms with E-state index in [1.807, 2.05) is 71.6 Å². The molecule has 2 aromatic carbocycles. The molecule has 1 atom stereocenters. The summed E-state index contributed by atoms with van der Waals surface area (Å²) in [7, 11) is 1.96. The van der Waals surface area contributed by atoms with Crippen molar-refractivity contribution in [2.75, 3.05) is 5.75 Å². The SMILES string of the molecule is Cn1c(C(NC(=O)CSCc2cc(=O)n3ccsc3n2)c2ccccc2)nc2ccccc21. The topological polar surface area (TPSA) is 81.3 Å². The van der Waals surface area contributed by atoms with Gasteiger partial charge in [0.25, 0.3) is 5.56 Å². The summed E-state index contributed by atoms with van der Waals surface area (Å²) in [6.45, 7) is 0. The number of rotatable bonds is 7. The number of aromatic nitrogens is 4. The Balaban J connectivity index is 1.32. The van der Waals surface area contributed by atoms with Crippen LogP contribution >= 0.6 is 23.1 Å². The van der Waals surface area contributed by atoms with Crippen LogP contribution in [0.15, 0.2) is 77.0 Å². The van der Waals surface area contributed by atoms with Gasteiger partial charge in [-0.15, -0.1) is 23.1 Å². The average molecular weight is 476 g/mol. The second kappa shape index (κ2) is 9.21. The van der Waals surface area contributed by atoms with E-state index in [0.29, 0.717) is 16.4 Å². The number of thiazole rings is 1. The lowest BCUT2D eigenvalue weighted by Gasteiger charge is -2.19. The molecule has 0 aliphatic heterocycles. The smallest absolute Gasteiger partial charge is 0.258 e. The first-order valence-electron chi connectivity index (χ1n) is 10.4. The number of carbonyl (C=O) groups excluding carboxylic acids is 1. The van der Waals surface area contributed by atoms with Crippen LogP contribution < -0.4 is 10.9 Å². The molecule has 0 bridgehead atoms. The summed E-state index contributed by atoms with van der Waals surface area (Å²) < 4.78 is 3.54. The molecule has 9 heteroatoms. The number of aryl methyl sites for hydroxylation is 1. The van der Waals surface area contributed by atoms with Gasteiger partial charge >= 0.3 is 0 Å². The van der Waals surface area contributed by atoms with E-state index in [4.69, 9.17) is 4.98 Å². The Hall–Kier alpha value is -3.43. The number of nitrogens with zero attached hydrogens (tertiary/aromatic N) is 4. The van der Waals surface area contributed by atoms with Crippen molar-refractivity contribution in [3.8, 4) is 0 Å². The van der Waals surface area contributed by atoms with Gasteiger partial charge in [0.05, 0.1) is 22.5 Å². The maximum absolute atomic E-state index is 12.9. The van der Waals surface area contributed by atoms with Crippen LogP contribution in [0, 0.1) is 0 Å². The highest BCUT2D eigenvalue weighted by atomic mass is 32.2. The second-order valence-corrected chi connectivity index (χ2v) is 9.42. The number of carbonyl (C=O) groups is 1. The zero-order valence-corrected chi connectivity index (χ0v) is 19.5. The summed E-state index contributed by atoms with van der Waals surface area (Å²) in [5.74, 6) is 1.41. The van der Waals surface area contributed by atoms with Crippen LogP contribution in [-0.4, -0.2) is 30.6 Å². The van der Waals surface area contributed by atoms with Gasteiger partial charge in [0, 0.05) is 30.4 Å². The second-order valence-electron chi connectivity index (χ2n) is 7.56. The maximum atomic E-state index is 12.9. The Bertz CT molecular complexity index is 1490. The molecule has 3 aromatic heterocycles. The van der Waals surface area contributed by atoms with Crippen LogP contribution in [0.4, 0.5) is 0 Å². The third-order valence-electron chi connectivity index (χ3n) is 5.36. The Morgan fingerprint density at radius 2 is 1.91 bits per heavy atom. The van der Waals surface area contributed by atoms with Gasteiger partial charge in [0.15, 0.2) is 4.96 Å². The fraction of sp³-hybridized carbons (Fsp3) is 0.167. The van der Waals surface area contributed by atoms with E-state index >= 15 is 0 Å². The Morgan fingerprint density at radius 1 is 1.12 bits per heavy atom. The molecule has 0 aliphatic rings. The van der Waals surface area contributed by atoms with Crippen molar-refractivity contribution < 1.29 is 4.79 Å². The zero-order valence-electron chi connectivity index (χ0n) is 17.8. The lowest BCUT2D eigenvalue weighted by Crippen LogP contribution is -2.32. The molecule has 0 saturated carbocycles. The lowest BCUT2D eigenvalue weighted by atomic mass is 10.1. The predicted octanol–water partition coefficient (Wildman–Crippen LogP) is 3.78. The summed E-state index contributed by atoms with van der Waals surface area (Å²) in [5.41, 5.74) is 3.44. The molecule has 1 unspecified atom stereocenters. The van der Waals surface area contributed by atoms with Crippen LogP contribution in [0.3, 0.4) is 0 Å². The maximum Gasteiger partial charge on any atom is 0.258 e. The van der Waals surface area contributed by atoms with Crippen LogP contribution in [0.1, 0.15) is 23.1 Å². The lowest BCUT2D eigenvalue weighted by molar-refractivity contribution is -0.119. The van der Waals surface area contributed by atoms with Gasteiger partial charge in [-0.2, -0.15) is 0 Å². The van der Waals surface area contributed by atoms with Gasteiger partial charge in [-0.1, -0.05) is 42.5 Å². The highest BCUT2D eigenvalue weighted by Gasteiger charge is 2.22. The number of nitrogens with one attached hydrogen (secondary N) is 1. The summed E-state index contributed by atoms with van der Waals surface area (Å²) in [6, 6.07) is 18.9. The molecule has 5 aromatic rings. The van der Waals surface area contributed by atoms with Crippen LogP contribution in [0.5, 0.6) is 0 Å². The van der Waals surface area contributed by atoms with Crippen LogP contribution in [0.2, 0.25) is 0 Å².